The van der Waals surface area contributed by atoms with E-state index in [0.29, 0.717) is 6.42 Å². The summed E-state index contributed by atoms with van der Waals surface area (Å²) in [4.78, 5) is 10.7. The van der Waals surface area contributed by atoms with E-state index in [9.17, 15) is 13.2 Å². The molecule has 2 aromatic rings. The van der Waals surface area contributed by atoms with Crippen molar-refractivity contribution < 1.29 is 18.3 Å². The predicted molar refractivity (Wildman–Crippen MR) is 82.9 cm³/mol. The van der Waals surface area contributed by atoms with Crippen molar-refractivity contribution in [1.29, 1.82) is 0 Å². The van der Waals surface area contributed by atoms with Crippen molar-refractivity contribution in [3.8, 4) is 0 Å². The van der Waals surface area contributed by atoms with Crippen LogP contribution in [0.15, 0.2) is 59.5 Å². The maximum atomic E-state index is 12.2. The van der Waals surface area contributed by atoms with Gasteiger partial charge in [0.2, 0.25) is 10.0 Å². The van der Waals surface area contributed by atoms with Gasteiger partial charge in [-0.2, -0.15) is 0 Å². The monoisotopic (exact) mass is 319 g/mol. The largest absolute Gasteiger partial charge is 0.481 e. The number of nitrogens with one attached hydrogen (secondary N) is 1. The van der Waals surface area contributed by atoms with E-state index in [-0.39, 0.29) is 17.9 Å². The molecule has 0 saturated carbocycles. The molecule has 0 heterocycles. The quantitative estimate of drug-likeness (QED) is 0.819. The molecule has 2 N–H and O–H groups in total. The topological polar surface area (TPSA) is 83.5 Å². The van der Waals surface area contributed by atoms with Crippen LogP contribution in [0, 0.1) is 0 Å². The van der Waals surface area contributed by atoms with E-state index < -0.39 is 16.0 Å². The molecule has 0 atom stereocenters. The third-order valence-corrected chi connectivity index (χ3v) is 4.59. The number of hydrogen-bond donors (Lipinski definition) is 2. The average molecular weight is 319 g/mol. The Balaban J connectivity index is 2.01. The predicted octanol–water partition coefficient (Wildman–Crippen LogP) is 2.18. The number of aryl methyl sites for hydroxylation is 1. The maximum absolute atomic E-state index is 12.2. The molecule has 0 bridgehead atoms. The number of benzene rings is 2. The third-order valence-electron chi connectivity index (χ3n) is 3.17. The van der Waals surface area contributed by atoms with Crippen LogP contribution in [0.2, 0.25) is 0 Å². The summed E-state index contributed by atoms with van der Waals surface area (Å²) in [5.41, 5.74) is 1.67. The molecule has 0 aliphatic heterocycles. The maximum Gasteiger partial charge on any atom is 0.303 e. The number of carboxylic acids is 1. The van der Waals surface area contributed by atoms with E-state index in [1.807, 2.05) is 30.3 Å². The van der Waals surface area contributed by atoms with Gasteiger partial charge in [0.25, 0.3) is 0 Å². The summed E-state index contributed by atoms with van der Waals surface area (Å²) in [6, 6.07) is 15.5. The second-order valence-electron chi connectivity index (χ2n) is 4.85. The zero-order valence-electron chi connectivity index (χ0n) is 11.9. The summed E-state index contributed by atoms with van der Waals surface area (Å²) in [5.74, 6) is -0.874. The van der Waals surface area contributed by atoms with E-state index in [1.165, 1.54) is 12.1 Å². The van der Waals surface area contributed by atoms with Crippen molar-refractivity contribution in [1.82, 2.24) is 4.72 Å². The molecule has 0 spiro atoms. The van der Waals surface area contributed by atoms with Crippen LogP contribution in [-0.2, 0) is 27.8 Å². The Morgan fingerprint density at radius 2 is 1.59 bits per heavy atom. The fourth-order valence-electron chi connectivity index (χ4n) is 1.94. The molecule has 0 aromatic heterocycles. The van der Waals surface area contributed by atoms with Gasteiger partial charge in [0.1, 0.15) is 0 Å². The van der Waals surface area contributed by atoms with Crippen LogP contribution in [0.5, 0.6) is 0 Å². The molecule has 6 heteroatoms. The molecule has 116 valence electrons. The molecule has 5 nitrogen and oxygen atoms in total. The summed E-state index contributed by atoms with van der Waals surface area (Å²) < 4.78 is 26.9. The van der Waals surface area contributed by atoms with E-state index in [0.717, 1.165) is 11.1 Å². The van der Waals surface area contributed by atoms with Crippen molar-refractivity contribution in [2.75, 3.05) is 0 Å². The molecule has 0 amide bonds. The minimum Gasteiger partial charge on any atom is -0.481 e. The second-order valence-corrected chi connectivity index (χ2v) is 6.61. The molecular formula is C16H17NO4S. The van der Waals surface area contributed by atoms with Crippen LogP contribution < -0.4 is 4.72 Å². The normalized spacial score (nSPS) is 11.3. The Kier molecular flexibility index (Phi) is 5.30. The third kappa shape index (κ3) is 4.68. The van der Waals surface area contributed by atoms with Crippen LogP contribution in [0.3, 0.4) is 0 Å². The summed E-state index contributed by atoms with van der Waals surface area (Å²) in [5, 5.41) is 8.63. The molecule has 0 saturated heterocycles. The SMILES string of the molecule is O=C(O)CCc1ccc(S(=O)(=O)NCc2ccccc2)cc1. The first-order valence-electron chi connectivity index (χ1n) is 6.82. The molecule has 2 aromatic carbocycles. The second kappa shape index (κ2) is 7.20. The van der Waals surface area contributed by atoms with E-state index in [2.05, 4.69) is 4.72 Å². The average Bonchev–Trinajstić information content (AvgIpc) is 2.52. The van der Waals surface area contributed by atoms with Gasteiger partial charge in [-0.15, -0.1) is 0 Å². The fraction of sp³-hybridized carbons (Fsp3) is 0.188. The lowest BCUT2D eigenvalue weighted by atomic mass is 10.1. The Hall–Kier alpha value is -2.18. The van der Waals surface area contributed by atoms with Crippen LogP contribution in [0.1, 0.15) is 17.5 Å². The first-order chi connectivity index (χ1) is 10.5. The van der Waals surface area contributed by atoms with Crippen molar-refractivity contribution in [2.24, 2.45) is 0 Å². The van der Waals surface area contributed by atoms with Crippen molar-refractivity contribution in [3.05, 3.63) is 65.7 Å². The zero-order chi connectivity index (χ0) is 16.0. The number of carboxylic acid groups (broad SMARTS) is 1. The first kappa shape index (κ1) is 16.2. The highest BCUT2D eigenvalue weighted by molar-refractivity contribution is 7.89. The van der Waals surface area contributed by atoms with E-state index in [1.54, 1.807) is 12.1 Å². The van der Waals surface area contributed by atoms with Gasteiger partial charge in [-0.3, -0.25) is 4.79 Å². The Labute approximate surface area is 129 Å². The molecule has 0 radical (unpaired) electrons. The molecule has 0 unspecified atom stereocenters. The smallest absolute Gasteiger partial charge is 0.303 e. The van der Waals surface area contributed by atoms with Crippen LogP contribution >= 0.6 is 0 Å². The Morgan fingerprint density at radius 3 is 2.18 bits per heavy atom. The Bertz CT molecular complexity index is 725. The molecule has 2 rings (SSSR count). The van der Waals surface area contributed by atoms with Crippen LogP contribution in [0.4, 0.5) is 0 Å². The van der Waals surface area contributed by atoms with Gasteiger partial charge in [-0.05, 0) is 29.7 Å². The minimum atomic E-state index is -3.57. The molecule has 0 fully saturated rings. The number of hydrogen-bond acceptors (Lipinski definition) is 3. The summed E-state index contributed by atoms with van der Waals surface area (Å²) in [6.07, 6.45) is 0.408. The first-order valence-corrected chi connectivity index (χ1v) is 8.30. The highest BCUT2D eigenvalue weighted by Gasteiger charge is 2.13. The molecule has 22 heavy (non-hydrogen) atoms. The lowest BCUT2D eigenvalue weighted by Gasteiger charge is -2.07. The molecule has 0 aliphatic carbocycles. The van der Waals surface area contributed by atoms with Crippen LogP contribution in [0.25, 0.3) is 0 Å². The van der Waals surface area contributed by atoms with Crippen molar-refractivity contribution >= 4 is 16.0 Å². The van der Waals surface area contributed by atoms with Gasteiger partial charge < -0.3 is 5.11 Å². The highest BCUT2D eigenvalue weighted by Crippen LogP contribution is 2.12. The number of aliphatic carboxylic acids is 1. The van der Waals surface area contributed by atoms with Gasteiger partial charge in [-0.25, -0.2) is 13.1 Å². The number of sulfonamides is 1. The lowest BCUT2D eigenvalue weighted by Crippen LogP contribution is -2.23. The Morgan fingerprint density at radius 1 is 0.955 bits per heavy atom. The van der Waals surface area contributed by atoms with E-state index in [4.69, 9.17) is 5.11 Å². The zero-order valence-corrected chi connectivity index (χ0v) is 12.7. The number of rotatable bonds is 7. The summed E-state index contributed by atoms with van der Waals surface area (Å²) in [7, 11) is -3.57. The lowest BCUT2D eigenvalue weighted by molar-refractivity contribution is -0.136. The standard InChI is InChI=1S/C16H17NO4S/c18-16(19)11-8-13-6-9-15(10-7-13)22(20,21)17-12-14-4-2-1-3-5-14/h1-7,9-10,17H,8,11-12H2,(H,18,19). The molecule has 0 aliphatic rings. The number of carbonyl (C=O) groups is 1. The van der Waals surface area contributed by atoms with Crippen molar-refractivity contribution in [2.45, 2.75) is 24.3 Å². The fourth-order valence-corrected chi connectivity index (χ4v) is 2.96. The minimum absolute atomic E-state index is 0.0261. The highest BCUT2D eigenvalue weighted by atomic mass is 32.2. The van der Waals surface area contributed by atoms with Gasteiger partial charge in [0, 0.05) is 13.0 Å². The van der Waals surface area contributed by atoms with Gasteiger partial charge in [0.15, 0.2) is 0 Å². The van der Waals surface area contributed by atoms with Crippen molar-refractivity contribution in [3.63, 3.8) is 0 Å². The molecular weight excluding hydrogens is 302 g/mol. The summed E-state index contributed by atoms with van der Waals surface area (Å²) in [6.45, 7) is 0.226. The van der Waals surface area contributed by atoms with Gasteiger partial charge >= 0.3 is 5.97 Å². The van der Waals surface area contributed by atoms with Gasteiger partial charge in [-0.1, -0.05) is 42.5 Å². The van der Waals surface area contributed by atoms with Gasteiger partial charge in [0.05, 0.1) is 4.90 Å². The van der Waals surface area contributed by atoms with E-state index >= 15 is 0 Å². The summed E-state index contributed by atoms with van der Waals surface area (Å²) >= 11 is 0. The van der Waals surface area contributed by atoms with Crippen LogP contribution in [-0.4, -0.2) is 19.5 Å².